The third kappa shape index (κ3) is 3.91. The van der Waals surface area contributed by atoms with Crippen molar-refractivity contribution in [2.75, 3.05) is 7.11 Å². The first-order valence-electron chi connectivity index (χ1n) is 14.9. The summed E-state index contributed by atoms with van der Waals surface area (Å²) in [5, 5.41) is 0. The molecule has 40 heavy (non-hydrogen) atoms. The lowest BCUT2D eigenvalue weighted by Gasteiger charge is -2.70. The van der Waals surface area contributed by atoms with E-state index in [0.717, 1.165) is 62.5 Å². The van der Waals surface area contributed by atoms with Crippen molar-refractivity contribution in [1.82, 2.24) is 0 Å². The summed E-state index contributed by atoms with van der Waals surface area (Å²) < 4.78 is 16.5. The molecule has 0 bridgehead atoms. The molecule has 6 heteroatoms. The van der Waals surface area contributed by atoms with Gasteiger partial charge in [-0.25, -0.2) is 0 Å². The Morgan fingerprint density at radius 2 is 1.52 bits per heavy atom. The Morgan fingerprint density at radius 3 is 2.15 bits per heavy atom. The van der Waals surface area contributed by atoms with Crippen LogP contribution in [0.5, 0.6) is 11.5 Å². The Hall–Kier alpha value is -2.63. The van der Waals surface area contributed by atoms with E-state index in [1.54, 1.807) is 0 Å². The maximum absolute atomic E-state index is 13.0. The minimum atomic E-state index is -0.447. The monoisotopic (exact) mass is 550 g/mol. The minimum absolute atomic E-state index is 0.0317. The number of benzene rings is 1. The molecule has 5 rings (SSSR count). The van der Waals surface area contributed by atoms with E-state index in [-0.39, 0.29) is 27.6 Å². The van der Waals surface area contributed by atoms with E-state index in [0.29, 0.717) is 17.4 Å². The molecule has 1 aromatic carbocycles. The fourth-order valence-corrected chi connectivity index (χ4v) is 9.61. The first-order chi connectivity index (χ1) is 18.5. The van der Waals surface area contributed by atoms with Crippen LogP contribution in [0.3, 0.4) is 0 Å². The maximum Gasteiger partial charge on any atom is 0.311 e. The molecule has 0 saturated heterocycles. The smallest absolute Gasteiger partial charge is 0.311 e. The number of fused-ring (bicyclic) bond motifs is 7. The van der Waals surface area contributed by atoms with Crippen molar-refractivity contribution in [2.45, 2.75) is 112 Å². The zero-order valence-electron chi connectivity index (χ0n) is 25.8. The number of esters is 3. The van der Waals surface area contributed by atoms with Crippen LogP contribution in [0.15, 0.2) is 17.7 Å². The fraction of sp³-hybridized carbons (Fsp3) is 0.676. The largest absolute Gasteiger partial charge is 0.469 e. The first-order valence-corrected chi connectivity index (χ1v) is 14.9. The van der Waals surface area contributed by atoms with Crippen LogP contribution in [0.4, 0.5) is 0 Å². The molecule has 0 aromatic heterocycles. The SMILES string of the molecule is COC(=O)[C@]1(C)CC[C@]2(C)CC[C@]3(C)C4=CCc5c(cc(OC(C)=O)c(OC(C)=O)c5C)[C@]4(C)CC[C@@]3(C)C2C1. The number of allylic oxidation sites excluding steroid dienone is 2. The molecule has 0 heterocycles. The van der Waals surface area contributed by atoms with E-state index in [4.69, 9.17) is 14.2 Å². The van der Waals surface area contributed by atoms with Crippen molar-refractivity contribution >= 4 is 17.9 Å². The van der Waals surface area contributed by atoms with E-state index >= 15 is 0 Å². The molecule has 4 aliphatic rings. The molecular weight excluding hydrogens is 504 g/mol. The molecule has 3 fully saturated rings. The zero-order valence-corrected chi connectivity index (χ0v) is 25.8. The van der Waals surface area contributed by atoms with Crippen molar-refractivity contribution in [2.24, 2.45) is 27.6 Å². The third-order valence-electron chi connectivity index (χ3n) is 12.2. The summed E-state index contributed by atoms with van der Waals surface area (Å²) in [5.74, 6) is 0.114. The zero-order chi connectivity index (χ0) is 29.5. The number of methoxy groups -OCH3 is 1. The normalized spacial score (nSPS) is 38.0. The lowest BCUT2D eigenvalue weighted by molar-refractivity contribution is -0.179. The highest BCUT2D eigenvalue weighted by Gasteiger charge is 2.67. The van der Waals surface area contributed by atoms with Gasteiger partial charge in [0.2, 0.25) is 0 Å². The second-order valence-corrected chi connectivity index (χ2v) is 14.4. The molecule has 3 saturated carbocycles. The van der Waals surface area contributed by atoms with Gasteiger partial charge in [-0.05, 0) is 110 Å². The Labute approximate surface area is 239 Å². The lowest BCUT2D eigenvalue weighted by Crippen LogP contribution is -2.62. The van der Waals surface area contributed by atoms with Gasteiger partial charge in [0.15, 0.2) is 11.5 Å². The van der Waals surface area contributed by atoms with Crippen LogP contribution in [0.1, 0.15) is 110 Å². The topological polar surface area (TPSA) is 78.9 Å². The Morgan fingerprint density at radius 1 is 0.875 bits per heavy atom. The number of hydrogen-bond acceptors (Lipinski definition) is 6. The van der Waals surface area contributed by atoms with Gasteiger partial charge in [-0.15, -0.1) is 0 Å². The summed E-state index contributed by atoms with van der Waals surface area (Å²) in [7, 11) is 1.52. The quantitative estimate of drug-likeness (QED) is 0.225. The summed E-state index contributed by atoms with van der Waals surface area (Å²) in [6.07, 6.45) is 10.3. The molecule has 4 aliphatic carbocycles. The van der Waals surface area contributed by atoms with E-state index < -0.39 is 17.4 Å². The minimum Gasteiger partial charge on any atom is -0.469 e. The second kappa shape index (κ2) is 9.19. The average molecular weight is 551 g/mol. The predicted octanol–water partition coefficient (Wildman–Crippen LogP) is 7.17. The van der Waals surface area contributed by atoms with Crippen molar-refractivity contribution in [1.29, 1.82) is 0 Å². The van der Waals surface area contributed by atoms with Gasteiger partial charge in [-0.1, -0.05) is 39.3 Å². The number of carbonyl (C=O) groups is 3. The Balaban J connectivity index is 1.61. The van der Waals surface area contributed by atoms with Crippen LogP contribution in [0.25, 0.3) is 0 Å². The Bertz CT molecular complexity index is 1330. The molecule has 6 nitrogen and oxygen atoms in total. The number of rotatable bonds is 3. The second-order valence-electron chi connectivity index (χ2n) is 14.4. The van der Waals surface area contributed by atoms with E-state index in [1.165, 1.54) is 32.1 Å². The van der Waals surface area contributed by atoms with Gasteiger partial charge in [0, 0.05) is 19.3 Å². The molecule has 0 spiro atoms. The highest BCUT2D eigenvalue weighted by molar-refractivity contribution is 5.77. The number of hydrogen-bond donors (Lipinski definition) is 0. The summed E-state index contributed by atoms with van der Waals surface area (Å²) >= 11 is 0. The molecule has 1 aromatic rings. The molecule has 218 valence electrons. The van der Waals surface area contributed by atoms with E-state index in [1.807, 2.05) is 13.0 Å². The molecule has 0 N–H and O–H groups in total. The standard InChI is InChI=1S/C34H46O6/c1-20-23-10-11-26-32(6,24(23)18-25(39-21(2)35)28(20)40-22(3)36)15-17-34(8)27-19-31(5,29(37)38-9)13-12-30(27,4)14-16-33(26,34)7/h11,18,27H,10,12-17,19H2,1-9H3/t27?,30-,31-,32+,33-,34+/m1/s1. The molecular formula is C34H46O6. The van der Waals surface area contributed by atoms with Crippen molar-refractivity contribution in [3.63, 3.8) is 0 Å². The molecule has 1 unspecified atom stereocenters. The third-order valence-corrected chi connectivity index (χ3v) is 12.2. The van der Waals surface area contributed by atoms with E-state index in [2.05, 4.69) is 40.7 Å². The van der Waals surface area contributed by atoms with Gasteiger partial charge in [0.05, 0.1) is 12.5 Å². The van der Waals surface area contributed by atoms with E-state index in [9.17, 15) is 14.4 Å². The van der Waals surface area contributed by atoms with Gasteiger partial charge in [0.25, 0.3) is 0 Å². The molecule has 6 atom stereocenters. The van der Waals surface area contributed by atoms with Crippen LogP contribution >= 0.6 is 0 Å². The maximum atomic E-state index is 13.0. The van der Waals surface area contributed by atoms with Gasteiger partial charge >= 0.3 is 17.9 Å². The van der Waals surface area contributed by atoms with Crippen LogP contribution in [-0.4, -0.2) is 25.0 Å². The van der Waals surface area contributed by atoms with Gasteiger partial charge in [-0.3, -0.25) is 14.4 Å². The highest BCUT2D eigenvalue weighted by Crippen LogP contribution is 2.74. The van der Waals surface area contributed by atoms with Gasteiger partial charge < -0.3 is 14.2 Å². The molecule has 0 amide bonds. The van der Waals surface area contributed by atoms with Crippen molar-refractivity contribution < 1.29 is 28.6 Å². The first kappa shape index (κ1) is 28.9. The summed E-state index contributed by atoms with van der Waals surface area (Å²) in [4.78, 5) is 37.0. The van der Waals surface area contributed by atoms with Crippen molar-refractivity contribution in [3.8, 4) is 11.5 Å². The summed E-state index contributed by atoms with van der Waals surface area (Å²) in [5.41, 5.74) is 4.18. The van der Waals surface area contributed by atoms with Gasteiger partial charge in [-0.2, -0.15) is 0 Å². The fourth-order valence-electron chi connectivity index (χ4n) is 9.61. The van der Waals surface area contributed by atoms with Crippen molar-refractivity contribution in [3.05, 3.63) is 34.4 Å². The van der Waals surface area contributed by atoms with Crippen LogP contribution in [0, 0.1) is 34.5 Å². The summed E-state index contributed by atoms with van der Waals surface area (Å²) in [6, 6.07) is 1.96. The Kier molecular flexibility index (Phi) is 6.63. The molecule has 0 radical (unpaired) electrons. The number of carbonyl (C=O) groups excluding carboxylic acids is 3. The highest BCUT2D eigenvalue weighted by atomic mass is 16.6. The predicted molar refractivity (Wildman–Crippen MR) is 153 cm³/mol. The van der Waals surface area contributed by atoms with Crippen LogP contribution in [0.2, 0.25) is 0 Å². The number of ether oxygens (including phenoxy) is 3. The van der Waals surface area contributed by atoms with Crippen LogP contribution in [-0.2, 0) is 31.0 Å². The van der Waals surface area contributed by atoms with Gasteiger partial charge in [0.1, 0.15) is 0 Å². The lowest BCUT2D eigenvalue weighted by atomic mass is 9.34. The van der Waals surface area contributed by atoms with Crippen LogP contribution < -0.4 is 9.47 Å². The molecule has 0 aliphatic heterocycles. The average Bonchev–Trinajstić information content (AvgIpc) is 2.88. The summed E-state index contributed by atoms with van der Waals surface area (Å²) in [6.45, 7) is 16.6.